The van der Waals surface area contributed by atoms with E-state index in [2.05, 4.69) is 11.4 Å². The van der Waals surface area contributed by atoms with Gasteiger partial charge in [-0.2, -0.15) is 0 Å². The Hall–Kier alpha value is -2.69. The van der Waals surface area contributed by atoms with Crippen molar-refractivity contribution in [1.29, 1.82) is 0 Å². The van der Waals surface area contributed by atoms with E-state index in [1.165, 1.54) is 19.3 Å². The lowest BCUT2D eigenvalue weighted by Gasteiger charge is -2.44. The van der Waals surface area contributed by atoms with E-state index in [1.54, 1.807) is 20.3 Å². The topological polar surface area (TPSA) is 70.6 Å². The van der Waals surface area contributed by atoms with E-state index in [-0.39, 0.29) is 11.6 Å². The number of nitrogens with one attached hydrogen (secondary N) is 1. The van der Waals surface area contributed by atoms with Gasteiger partial charge in [0.2, 0.25) is 0 Å². The first-order valence-corrected chi connectivity index (χ1v) is 9.95. The third-order valence-corrected chi connectivity index (χ3v) is 7.09. The molecule has 5 nitrogen and oxygen atoms in total. The van der Waals surface area contributed by atoms with Gasteiger partial charge < -0.3 is 24.7 Å². The Bertz CT molecular complexity index is 940. The molecule has 2 saturated carbocycles. The lowest BCUT2D eigenvalue weighted by atomic mass is 9.67. The number of benzene rings is 2. The zero-order valence-corrected chi connectivity index (χ0v) is 16.1. The number of aromatic carboxylic acids is 1. The summed E-state index contributed by atoms with van der Waals surface area (Å²) in [5.74, 6) is 2.45. The highest BCUT2D eigenvalue weighted by Crippen LogP contribution is 2.64. The van der Waals surface area contributed by atoms with Gasteiger partial charge in [-0.05, 0) is 72.3 Å². The van der Waals surface area contributed by atoms with Gasteiger partial charge in [0.1, 0.15) is 0 Å². The summed E-state index contributed by atoms with van der Waals surface area (Å²) in [7, 11) is 3.34. The number of carbonyl (C=O) groups is 1. The second kappa shape index (κ2) is 6.43. The van der Waals surface area contributed by atoms with E-state index in [9.17, 15) is 9.90 Å². The van der Waals surface area contributed by atoms with Crippen LogP contribution in [0.5, 0.6) is 11.5 Å². The molecule has 28 heavy (non-hydrogen) atoms. The minimum atomic E-state index is -1.11. The van der Waals surface area contributed by atoms with Crippen molar-refractivity contribution >= 4 is 11.7 Å². The van der Waals surface area contributed by atoms with Crippen molar-refractivity contribution in [2.24, 2.45) is 17.8 Å². The normalized spacial score (nSPS) is 29.6. The summed E-state index contributed by atoms with van der Waals surface area (Å²) in [5.41, 5.74) is 3.53. The Kier molecular flexibility index (Phi) is 4.00. The molecule has 2 fully saturated rings. The number of anilines is 1. The molecule has 2 bridgehead atoms. The largest absolute Gasteiger partial charge is 0.545 e. The van der Waals surface area contributed by atoms with E-state index in [0.717, 1.165) is 28.3 Å². The van der Waals surface area contributed by atoms with Crippen LogP contribution in [0, 0.1) is 17.8 Å². The van der Waals surface area contributed by atoms with Crippen LogP contribution in [0.15, 0.2) is 36.4 Å². The second-order valence-electron chi connectivity index (χ2n) is 8.23. The number of hydrogen-bond acceptors (Lipinski definition) is 5. The maximum absolute atomic E-state index is 11.4. The van der Waals surface area contributed by atoms with Crippen LogP contribution < -0.4 is 19.9 Å². The van der Waals surface area contributed by atoms with E-state index in [4.69, 9.17) is 9.47 Å². The number of methoxy groups -OCH3 is 2. The summed E-state index contributed by atoms with van der Waals surface area (Å²) in [6.07, 6.45) is 3.68. The van der Waals surface area contributed by atoms with Crippen molar-refractivity contribution in [1.82, 2.24) is 0 Å². The molecule has 1 heterocycles. The molecule has 146 valence electrons. The fourth-order valence-electron chi connectivity index (χ4n) is 6.08. The van der Waals surface area contributed by atoms with Crippen LogP contribution in [0.25, 0.3) is 0 Å². The number of ether oxygens (including phenoxy) is 2. The van der Waals surface area contributed by atoms with E-state index in [1.807, 2.05) is 24.3 Å². The molecule has 0 aromatic heterocycles. The first-order valence-electron chi connectivity index (χ1n) is 9.95. The van der Waals surface area contributed by atoms with Crippen molar-refractivity contribution in [2.45, 2.75) is 31.2 Å². The predicted molar refractivity (Wildman–Crippen MR) is 104 cm³/mol. The Morgan fingerprint density at radius 1 is 1.07 bits per heavy atom. The van der Waals surface area contributed by atoms with Gasteiger partial charge in [-0.15, -0.1) is 0 Å². The zero-order chi connectivity index (χ0) is 19.4. The van der Waals surface area contributed by atoms with Crippen LogP contribution in [0.2, 0.25) is 0 Å². The van der Waals surface area contributed by atoms with Gasteiger partial charge in [-0.1, -0.05) is 18.2 Å². The van der Waals surface area contributed by atoms with Crippen LogP contribution in [-0.2, 0) is 0 Å². The minimum absolute atomic E-state index is 0.117. The Morgan fingerprint density at radius 2 is 1.89 bits per heavy atom. The summed E-state index contributed by atoms with van der Waals surface area (Å²) < 4.78 is 11.3. The lowest BCUT2D eigenvalue weighted by molar-refractivity contribution is -0.255. The van der Waals surface area contributed by atoms with Gasteiger partial charge in [0.25, 0.3) is 0 Å². The molecule has 0 unspecified atom stereocenters. The van der Waals surface area contributed by atoms with Crippen LogP contribution in [0.4, 0.5) is 5.69 Å². The SMILES string of the molecule is COc1cccc([C@@H]2Nc3ccc(C(=O)[O-])cc3[C@H]3[C@H]4CC[C@@H](C4)[C@H]32)c1OC. The van der Waals surface area contributed by atoms with Crippen LogP contribution in [-0.4, -0.2) is 20.2 Å². The standard InChI is InChI=1S/C23H25NO4/c1-27-18-5-3-4-15(22(18)28-2)21-20-13-7-6-12(10-13)19(20)16-11-14(23(25)26)8-9-17(16)24-21/h3-5,8-9,11-13,19-21,24H,6-7,10H2,1-2H3,(H,25,26)/p-1/t12-,13-,19+,20+,21-/m0/s1. The number of hydrogen-bond donors (Lipinski definition) is 1. The van der Waals surface area contributed by atoms with Gasteiger partial charge in [-0.25, -0.2) is 0 Å². The van der Waals surface area contributed by atoms with Crippen LogP contribution in [0.3, 0.4) is 0 Å². The average molecular weight is 378 g/mol. The Labute approximate surface area is 164 Å². The minimum Gasteiger partial charge on any atom is -0.545 e. The first-order chi connectivity index (χ1) is 13.6. The number of fused-ring (bicyclic) bond motifs is 7. The molecule has 2 aromatic rings. The summed E-state index contributed by atoms with van der Waals surface area (Å²) in [5, 5.41) is 15.1. The fourth-order valence-corrected chi connectivity index (χ4v) is 6.08. The molecular weight excluding hydrogens is 354 g/mol. The van der Waals surface area contributed by atoms with Crippen LogP contribution in [0.1, 0.15) is 52.7 Å². The molecule has 1 N–H and O–H groups in total. The summed E-state index contributed by atoms with van der Waals surface area (Å²) >= 11 is 0. The first kappa shape index (κ1) is 17.4. The smallest absolute Gasteiger partial charge is 0.165 e. The molecule has 2 aromatic carbocycles. The fraction of sp³-hybridized carbons (Fsp3) is 0.435. The van der Waals surface area contributed by atoms with Crippen LogP contribution >= 0.6 is 0 Å². The molecule has 5 rings (SSSR count). The molecule has 0 spiro atoms. The predicted octanol–water partition coefficient (Wildman–Crippen LogP) is 3.36. The number of para-hydroxylation sites is 1. The molecule has 1 aliphatic heterocycles. The molecule has 0 radical (unpaired) electrons. The van der Waals surface area contributed by atoms with Crippen molar-refractivity contribution in [3.8, 4) is 11.5 Å². The number of carboxylic acid groups (broad SMARTS) is 1. The summed E-state index contributed by atoms with van der Waals surface area (Å²) in [6, 6.07) is 11.5. The molecule has 5 atom stereocenters. The number of carboxylic acids is 1. The maximum atomic E-state index is 11.4. The average Bonchev–Trinajstić information content (AvgIpc) is 3.34. The van der Waals surface area contributed by atoms with Gasteiger partial charge in [0.15, 0.2) is 11.5 Å². The summed E-state index contributed by atoms with van der Waals surface area (Å²) in [4.78, 5) is 11.4. The molecule has 0 amide bonds. The van der Waals surface area contributed by atoms with E-state index < -0.39 is 5.97 Å². The Balaban J connectivity index is 1.65. The van der Waals surface area contributed by atoms with Crippen molar-refractivity contribution < 1.29 is 19.4 Å². The highest BCUT2D eigenvalue weighted by molar-refractivity contribution is 5.87. The third-order valence-electron chi connectivity index (χ3n) is 7.09. The highest BCUT2D eigenvalue weighted by atomic mass is 16.5. The third kappa shape index (κ3) is 2.42. The van der Waals surface area contributed by atoms with Crippen molar-refractivity contribution in [3.05, 3.63) is 53.1 Å². The Morgan fingerprint density at radius 3 is 2.64 bits per heavy atom. The zero-order valence-electron chi connectivity index (χ0n) is 16.1. The van der Waals surface area contributed by atoms with Crippen molar-refractivity contribution in [2.75, 3.05) is 19.5 Å². The molecule has 5 heteroatoms. The highest BCUT2D eigenvalue weighted by Gasteiger charge is 2.54. The maximum Gasteiger partial charge on any atom is 0.165 e. The number of carbonyl (C=O) groups excluding carboxylic acids is 1. The molecular formula is C23H24NO4-. The molecule has 2 aliphatic carbocycles. The van der Waals surface area contributed by atoms with Crippen molar-refractivity contribution in [3.63, 3.8) is 0 Å². The van der Waals surface area contributed by atoms with E-state index in [0.29, 0.717) is 23.7 Å². The summed E-state index contributed by atoms with van der Waals surface area (Å²) in [6.45, 7) is 0. The van der Waals surface area contributed by atoms with Gasteiger partial charge in [0, 0.05) is 11.3 Å². The number of rotatable bonds is 4. The lowest BCUT2D eigenvalue weighted by Crippen LogP contribution is -2.36. The quantitative estimate of drug-likeness (QED) is 0.883. The van der Waals surface area contributed by atoms with Gasteiger partial charge in [-0.3, -0.25) is 0 Å². The van der Waals surface area contributed by atoms with E-state index >= 15 is 0 Å². The molecule has 0 saturated heterocycles. The monoisotopic (exact) mass is 378 g/mol. The molecule has 3 aliphatic rings. The van der Waals surface area contributed by atoms with Gasteiger partial charge in [0.05, 0.1) is 26.2 Å². The van der Waals surface area contributed by atoms with Gasteiger partial charge >= 0.3 is 0 Å². The second-order valence-corrected chi connectivity index (χ2v) is 8.23.